The number of nitrogens with zero attached hydrogens (tertiary/aromatic N) is 2. The molecule has 1 amide bonds. The second-order valence-electron chi connectivity index (χ2n) is 8.56. The van der Waals surface area contributed by atoms with Gasteiger partial charge in [-0.2, -0.15) is 0 Å². The second kappa shape index (κ2) is 10.4. The van der Waals surface area contributed by atoms with Gasteiger partial charge in [0.25, 0.3) is 5.78 Å². The molecular formula is C28H26N2O6S. The Labute approximate surface area is 218 Å². The average molecular weight is 519 g/mol. The van der Waals surface area contributed by atoms with Gasteiger partial charge >= 0.3 is 11.9 Å². The topological polar surface area (TPSA) is 106 Å². The number of ether oxygens (including phenoxy) is 2. The number of aliphatic hydroxyl groups is 1. The van der Waals surface area contributed by atoms with Crippen molar-refractivity contribution in [3.63, 3.8) is 0 Å². The number of ketones is 1. The third kappa shape index (κ3) is 4.77. The van der Waals surface area contributed by atoms with Crippen LogP contribution in [0.2, 0.25) is 0 Å². The molecule has 1 aliphatic heterocycles. The summed E-state index contributed by atoms with van der Waals surface area (Å²) >= 11 is 0.957. The van der Waals surface area contributed by atoms with Gasteiger partial charge in [0.15, 0.2) is 5.13 Å². The number of aliphatic hydroxyl groups excluding tert-OH is 1. The van der Waals surface area contributed by atoms with E-state index in [1.807, 2.05) is 26.0 Å². The lowest BCUT2D eigenvalue weighted by Crippen LogP contribution is -2.29. The number of anilines is 1. The Hall–Kier alpha value is -4.24. The first kappa shape index (κ1) is 25.8. The van der Waals surface area contributed by atoms with Crippen molar-refractivity contribution in [2.24, 2.45) is 0 Å². The number of carbonyl (C=O) groups excluding carboxylic acids is 3. The van der Waals surface area contributed by atoms with Gasteiger partial charge in [-0.15, -0.1) is 0 Å². The maximum Gasteiger partial charge on any atom is 0.350 e. The third-order valence-corrected chi connectivity index (χ3v) is 7.14. The highest BCUT2D eigenvalue weighted by atomic mass is 32.1. The zero-order valence-corrected chi connectivity index (χ0v) is 21.7. The lowest BCUT2D eigenvalue weighted by Gasteiger charge is -2.23. The lowest BCUT2D eigenvalue weighted by molar-refractivity contribution is -0.132. The van der Waals surface area contributed by atoms with Crippen LogP contribution in [0.1, 0.15) is 43.7 Å². The number of rotatable bonds is 7. The smallest absolute Gasteiger partial charge is 0.350 e. The van der Waals surface area contributed by atoms with Crippen molar-refractivity contribution in [1.29, 1.82) is 0 Å². The van der Waals surface area contributed by atoms with Crippen LogP contribution in [0, 0.1) is 20.8 Å². The molecule has 1 saturated heterocycles. The number of hydrogen-bond acceptors (Lipinski definition) is 8. The highest BCUT2D eigenvalue weighted by Gasteiger charge is 2.48. The summed E-state index contributed by atoms with van der Waals surface area (Å²) in [6.45, 7) is 9.33. The maximum atomic E-state index is 13.4. The lowest BCUT2D eigenvalue weighted by atomic mass is 9.94. The van der Waals surface area contributed by atoms with Gasteiger partial charge in [0.2, 0.25) is 0 Å². The van der Waals surface area contributed by atoms with E-state index in [-0.39, 0.29) is 21.3 Å². The summed E-state index contributed by atoms with van der Waals surface area (Å²) in [7, 11) is 1.26. The summed E-state index contributed by atoms with van der Waals surface area (Å²) in [5.41, 5.74) is 3.02. The van der Waals surface area contributed by atoms with Crippen LogP contribution in [-0.2, 0) is 14.3 Å². The molecular weight excluding hydrogens is 492 g/mol. The summed E-state index contributed by atoms with van der Waals surface area (Å²) in [4.78, 5) is 44.8. The third-order valence-electron chi connectivity index (χ3n) is 6.00. The van der Waals surface area contributed by atoms with Crippen molar-refractivity contribution in [3.05, 3.63) is 93.5 Å². The molecule has 1 aliphatic rings. The molecule has 4 rings (SSSR count). The van der Waals surface area contributed by atoms with E-state index in [4.69, 9.17) is 9.47 Å². The van der Waals surface area contributed by atoms with Crippen LogP contribution in [0.4, 0.5) is 5.13 Å². The number of hydrogen-bond donors (Lipinski definition) is 1. The maximum absolute atomic E-state index is 13.4. The number of carbonyl (C=O) groups is 3. The van der Waals surface area contributed by atoms with Crippen LogP contribution in [-0.4, -0.2) is 41.5 Å². The van der Waals surface area contributed by atoms with Crippen molar-refractivity contribution in [2.75, 3.05) is 18.6 Å². The number of thiazole rings is 1. The van der Waals surface area contributed by atoms with E-state index in [0.717, 1.165) is 22.5 Å². The van der Waals surface area contributed by atoms with Crippen molar-refractivity contribution in [1.82, 2.24) is 4.98 Å². The van der Waals surface area contributed by atoms with E-state index in [0.29, 0.717) is 29.2 Å². The van der Waals surface area contributed by atoms with Crippen LogP contribution in [0.25, 0.3) is 5.76 Å². The molecule has 0 unspecified atom stereocenters. The van der Waals surface area contributed by atoms with Gasteiger partial charge in [0, 0.05) is 5.56 Å². The monoisotopic (exact) mass is 518 g/mol. The number of aromatic nitrogens is 1. The van der Waals surface area contributed by atoms with E-state index < -0.39 is 23.7 Å². The summed E-state index contributed by atoms with van der Waals surface area (Å²) in [6, 6.07) is 11.4. The quantitative estimate of drug-likeness (QED) is 0.153. The molecule has 1 aromatic heterocycles. The fourth-order valence-electron chi connectivity index (χ4n) is 4.12. The van der Waals surface area contributed by atoms with E-state index in [2.05, 4.69) is 11.6 Å². The van der Waals surface area contributed by atoms with Gasteiger partial charge in [-0.1, -0.05) is 53.8 Å². The van der Waals surface area contributed by atoms with Crippen LogP contribution in [0.3, 0.4) is 0 Å². The van der Waals surface area contributed by atoms with Gasteiger partial charge in [-0.05, 0) is 50.1 Å². The van der Waals surface area contributed by atoms with Gasteiger partial charge in [-0.25, -0.2) is 9.78 Å². The minimum atomic E-state index is -0.950. The van der Waals surface area contributed by atoms with Crippen molar-refractivity contribution in [2.45, 2.75) is 26.8 Å². The molecule has 1 atom stereocenters. The standard InChI is InChI=1S/C28H26N2O6S/c1-6-13-36-20-12-11-19(14-16(20)3)23(31)21-22(18-9-7-15(2)8-10-18)30(26(33)24(21)32)28-29-17(4)25(37-28)27(34)35-5/h6-12,14,22,31H,1,13H2,2-5H3/t22-/m1/s1. The molecule has 0 saturated carbocycles. The number of aryl methyl sites for hydroxylation is 3. The minimum Gasteiger partial charge on any atom is -0.507 e. The highest BCUT2D eigenvalue weighted by molar-refractivity contribution is 7.17. The van der Waals surface area contributed by atoms with Crippen LogP contribution >= 0.6 is 11.3 Å². The molecule has 2 heterocycles. The van der Waals surface area contributed by atoms with E-state index in [1.54, 1.807) is 43.3 Å². The molecule has 0 bridgehead atoms. The molecule has 0 spiro atoms. The number of methoxy groups -OCH3 is 1. The summed E-state index contributed by atoms with van der Waals surface area (Å²) in [5.74, 6) is -1.98. The highest BCUT2D eigenvalue weighted by Crippen LogP contribution is 2.44. The predicted molar refractivity (Wildman–Crippen MR) is 141 cm³/mol. The Morgan fingerprint density at radius 2 is 1.86 bits per heavy atom. The number of Topliss-reactive ketones (excluding diaryl/α,β-unsaturated/α-hetero) is 1. The Morgan fingerprint density at radius 3 is 2.49 bits per heavy atom. The summed E-state index contributed by atoms with van der Waals surface area (Å²) in [6.07, 6.45) is 1.63. The molecule has 8 nitrogen and oxygen atoms in total. The molecule has 0 aliphatic carbocycles. The van der Waals surface area contributed by atoms with Gasteiger partial charge in [0.1, 0.15) is 23.0 Å². The molecule has 9 heteroatoms. The van der Waals surface area contributed by atoms with Crippen LogP contribution in [0.15, 0.2) is 60.7 Å². The fraction of sp³-hybridized carbons (Fsp3) is 0.214. The van der Waals surface area contributed by atoms with Gasteiger partial charge in [0.05, 0.1) is 24.4 Å². The molecule has 3 aromatic rings. The SMILES string of the molecule is C=CCOc1ccc(C(O)=C2C(=O)C(=O)N(c3nc(C)c(C(=O)OC)s3)[C@@H]2c2ccc(C)cc2)cc1C. The Kier molecular flexibility index (Phi) is 7.26. The molecule has 2 aromatic carbocycles. The zero-order valence-electron chi connectivity index (χ0n) is 20.9. The fourth-order valence-corrected chi connectivity index (χ4v) is 5.14. The van der Waals surface area contributed by atoms with E-state index in [9.17, 15) is 19.5 Å². The van der Waals surface area contributed by atoms with Gasteiger partial charge < -0.3 is 14.6 Å². The van der Waals surface area contributed by atoms with Crippen LogP contribution in [0.5, 0.6) is 5.75 Å². The summed E-state index contributed by atoms with van der Waals surface area (Å²) < 4.78 is 10.4. The van der Waals surface area contributed by atoms with Crippen molar-refractivity contribution < 1.29 is 29.0 Å². The second-order valence-corrected chi connectivity index (χ2v) is 9.54. The average Bonchev–Trinajstić information content (AvgIpc) is 3.39. The normalized spacial score (nSPS) is 16.6. The first-order valence-corrected chi connectivity index (χ1v) is 12.3. The predicted octanol–water partition coefficient (Wildman–Crippen LogP) is 5.05. The molecule has 37 heavy (non-hydrogen) atoms. The first-order chi connectivity index (χ1) is 17.7. The number of benzene rings is 2. The first-order valence-electron chi connectivity index (χ1n) is 11.5. The molecule has 0 radical (unpaired) electrons. The Balaban J connectivity index is 1.89. The van der Waals surface area contributed by atoms with Crippen molar-refractivity contribution in [3.8, 4) is 5.75 Å². The zero-order chi connectivity index (χ0) is 26.9. The van der Waals surface area contributed by atoms with Crippen molar-refractivity contribution >= 4 is 39.9 Å². The van der Waals surface area contributed by atoms with Crippen LogP contribution < -0.4 is 9.64 Å². The summed E-state index contributed by atoms with van der Waals surface area (Å²) in [5, 5.41) is 11.5. The number of esters is 1. The van der Waals surface area contributed by atoms with E-state index in [1.165, 1.54) is 12.0 Å². The molecule has 1 N–H and O–H groups in total. The molecule has 190 valence electrons. The minimum absolute atomic E-state index is 0.0690. The van der Waals surface area contributed by atoms with E-state index >= 15 is 0 Å². The molecule has 1 fully saturated rings. The Morgan fingerprint density at radius 1 is 1.16 bits per heavy atom. The largest absolute Gasteiger partial charge is 0.507 e. The van der Waals surface area contributed by atoms with Gasteiger partial charge in [-0.3, -0.25) is 14.5 Å². The Bertz CT molecular complexity index is 1440. The number of amides is 1.